The maximum Gasteiger partial charge on any atom is 0.230 e. The summed E-state index contributed by atoms with van der Waals surface area (Å²) in [4.78, 5) is 8.08. The molecule has 0 radical (unpaired) electrons. The Balaban J connectivity index is 1.81. The Morgan fingerprint density at radius 1 is 1.20 bits per heavy atom. The van der Waals surface area contributed by atoms with Gasteiger partial charge in [0.05, 0.1) is 17.4 Å². The second kappa shape index (κ2) is 6.38. The Morgan fingerprint density at radius 3 is 2.56 bits per heavy atom. The molecule has 0 aliphatic rings. The van der Waals surface area contributed by atoms with Gasteiger partial charge in [-0.3, -0.25) is 4.90 Å². The quantitative estimate of drug-likeness (QED) is 0.565. The molecule has 0 spiro atoms. The number of nitrogens with zero attached hydrogens (tertiary/aromatic N) is 4. The SMILES string of the molecule is CCN(CC)C(c1ccco1)c1sc2nc(-c3ccco3)nn2c1O. The van der Waals surface area contributed by atoms with Crippen LogP contribution >= 0.6 is 11.3 Å². The molecule has 4 rings (SSSR count). The van der Waals surface area contributed by atoms with Gasteiger partial charge in [0, 0.05) is 0 Å². The van der Waals surface area contributed by atoms with Crippen LogP contribution in [0.1, 0.15) is 30.5 Å². The van der Waals surface area contributed by atoms with Crippen molar-refractivity contribution in [3.63, 3.8) is 0 Å². The average molecular weight is 358 g/mol. The van der Waals surface area contributed by atoms with E-state index in [0.717, 1.165) is 23.7 Å². The van der Waals surface area contributed by atoms with Crippen LogP contribution in [0.3, 0.4) is 0 Å². The van der Waals surface area contributed by atoms with Crippen molar-refractivity contribution in [2.75, 3.05) is 13.1 Å². The lowest BCUT2D eigenvalue weighted by molar-refractivity contribution is 0.222. The first-order valence-corrected chi connectivity index (χ1v) is 8.94. The van der Waals surface area contributed by atoms with Crippen LogP contribution in [0.2, 0.25) is 0 Å². The molecule has 1 atom stereocenters. The van der Waals surface area contributed by atoms with Gasteiger partial charge >= 0.3 is 0 Å². The molecule has 0 aromatic carbocycles. The second-order valence-electron chi connectivity index (χ2n) is 5.54. The number of hydrogen-bond acceptors (Lipinski definition) is 7. The summed E-state index contributed by atoms with van der Waals surface area (Å²) in [7, 11) is 0. The minimum atomic E-state index is -0.175. The molecule has 7 nitrogen and oxygen atoms in total. The molecule has 1 N–H and O–H groups in total. The standard InChI is InChI=1S/C17H18N4O3S/c1-3-20(4-2)13(11-7-5-9-23-11)14-16(22)21-17(25-14)18-15(19-21)12-8-6-10-24-12/h5-10,13,22H,3-4H2,1-2H3. The van der Waals surface area contributed by atoms with E-state index in [-0.39, 0.29) is 11.9 Å². The van der Waals surface area contributed by atoms with E-state index in [1.807, 2.05) is 12.1 Å². The highest BCUT2D eigenvalue weighted by Crippen LogP contribution is 2.40. The van der Waals surface area contributed by atoms with Crippen molar-refractivity contribution >= 4 is 16.3 Å². The predicted molar refractivity (Wildman–Crippen MR) is 93.7 cm³/mol. The maximum atomic E-state index is 10.8. The molecule has 25 heavy (non-hydrogen) atoms. The molecule has 0 amide bonds. The summed E-state index contributed by atoms with van der Waals surface area (Å²) in [5.41, 5.74) is 0. The number of hydrogen-bond donors (Lipinski definition) is 1. The Kier molecular flexibility index (Phi) is 4.06. The van der Waals surface area contributed by atoms with E-state index in [4.69, 9.17) is 8.83 Å². The Hall–Kier alpha value is -2.58. The molecule has 0 saturated carbocycles. The minimum Gasteiger partial charge on any atom is -0.492 e. The van der Waals surface area contributed by atoms with Crippen LogP contribution in [-0.2, 0) is 0 Å². The van der Waals surface area contributed by atoms with E-state index in [9.17, 15) is 5.11 Å². The molecular formula is C17H18N4O3S. The van der Waals surface area contributed by atoms with Gasteiger partial charge in [-0.2, -0.15) is 9.50 Å². The zero-order chi connectivity index (χ0) is 17.4. The molecule has 0 fully saturated rings. The first kappa shape index (κ1) is 15.9. The van der Waals surface area contributed by atoms with Crippen LogP contribution in [0.25, 0.3) is 16.5 Å². The summed E-state index contributed by atoms with van der Waals surface area (Å²) >= 11 is 1.40. The largest absolute Gasteiger partial charge is 0.492 e. The predicted octanol–water partition coefficient (Wildman–Crippen LogP) is 3.78. The first-order chi connectivity index (χ1) is 12.2. The highest BCUT2D eigenvalue weighted by Gasteiger charge is 2.30. The second-order valence-corrected chi connectivity index (χ2v) is 6.55. The fourth-order valence-electron chi connectivity index (χ4n) is 2.95. The Bertz CT molecular complexity index is 952. The van der Waals surface area contributed by atoms with Gasteiger partial charge in [0.25, 0.3) is 0 Å². The van der Waals surface area contributed by atoms with Gasteiger partial charge in [-0.15, -0.1) is 5.10 Å². The monoisotopic (exact) mass is 358 g/mol. The third kappa shape index (κ3) is 2.63. The Labute approximate surface area is 148 Å². The van der Waals surface area contributed by atoms with E-state index in [1.165, 1.54) is 15.9 Å². The van der Waals surface area contributed by atoms with Crippen LogP contribution < -0.4 is 0 Å². The van der Waals surface area contributed by atoms with Crippen LogP contribution in [0, 0.1) is 0 Å². The van der Waals surface area contributed by atoms with Gasteiger partial charge in [0.1, 0.15) is 11.8 Å². The fourth-order valence-corrected chi connectivity index (χ4v) is 4.05. The van der Waals surface area contributed by atoms with Crippen molar-refractivity contribution in [3.8, 4) is 17.5 Å². The van der Waals surface area contributed by atoms with Gasteiger partial charge in [0.15, 0.2) is 5.76 Å². The van der Waals surface area contributed by atoms with Gasteiger partial charge in [-0.25, -0.2) is 0 Å². The lowest BCUT2D eigenvalue weighted by Crippen LogP contribution is -2.28. The molecule has 0 aliphatic heterocycles. The molecule has 4 aromatic rings. The highest BCUT2D eigenvalue weighted by molar-refractivity contribution is 7.17. The number of rotatable bonds is 6. The highest BCUT2D eigenvalue weighted by atomic mass is 32.1. The number of furan rings is 2. The van der Waals surface area contributed by atoms with E-state index in [1.54, 1.807) is 24.7 Å². The normalized spacial score (nSPS) is 13.1. The summed E-state index contributed by atoms with van der Waals surface area (Å²) < 4.78 is 12.4. The lowest BCUT2D eigenvalue weighted by atomic mass is 10.1. The number of aromatic hydroxyl groups is 1. The lowest BCUT2D eigenvalue weighted by Gasteiger charge is -2.27. The summed E-state index contributed by atoms with van der Waals surface area (Å²) in [6.45, 7) is 5.82. The summed E-state index contributed by atoms with van der Waals surface area (Å²) in [6, 6.07) is 7.18. The summed E-state index contributed by atoms with van der Waals surface area (Å²) in [5, 5.41) is 15.2. The van der Waals surface area contributed by atoms with Crippen molar-refractivity contribution in [2.24, 2.45) is 0 Å². The van der Waals surface area contributed by atoms with Crippen LogP contribution in [0.4, 0.5) is 0 Å². The van der Waals surface area contributed by atoms with Crippen LogP contribution in [0.5, 0.6) is 5.88 Å². The smallest absolute Gasteiger partial charge is 0.230 e. The molecule has 4 heterocycles. The number of thiazole rings is 1. The van der Waals surface area contributed by atoms with Gasteiger partial charge in [-0.05, 0) is 37.4 Å². The first-order valence-electron chi connectivity index (χ1n) is 8.12. The van der Waals surface area contributed by atoms with E-state index < -0.39 is 0 Å². The molecule has 130 valence electrons. The topological polar surface area (TPSA) is 79.9 Å². The van der Waals surface area contributed by atoms with Gasteiger partial charge < -0.3 is 13.9 Å². The van der Waals surface area contributed by atoms with E-state index in [2.05, 4.69) is 28.8 Å². The zero-order valence-electron chi connectivity index (χ0n) is 13.9. The van der Waals surface area contributed by atoms with Gasteiger partial charge in [-0.1, -0.05) is 25.2 Å². The average Bonchev–Trinajstić information content (AvgIpc) is 3.39. The maximum absolute atomic E-state index is 10.8. The fraction of sp³-hybridized carbons (Fsp3) is 0.294. The van der Waals surface area contributed by atoms with Crippen LogP contribution in [-0.4, -0.2) is 37.7 Å². The molecule has 0 bridgehead atoms. The molecule has 8 heteroatoms. The molecule has 1 unspecified atom stereocenters. The third-order valence-electron chi connectivity index (χ3n) is 4.18. The molecule has 0 saturated heterocycles. The minimum absolute atomic E-state index is 0.0820. The third-order valence-corrected chi connectivity index (χ3v) is 5.25. The van der Waals surface area contributed by atoms with Crippen molar-refractivity contribution in [1.29, 1.82) is 0 Å². The van der Waals surface area contributed by atoms with Crippen molar-refractivity contribution in [3.05, 3.63) is 47.4 Å². The summed E-state index contributed by atoms with van der Waals surface area (Å²) in [5.74, 6) is 1.90. The summed E-state index contributed by atoms with van der Waals surface area (Å²) in [6.07, 6.45) is 3.22. The van der Waals surface area contributed by atoms with Gasteiger partial charge in [0.2, 0.25) is 16.7 Å². The van der Waals surface area contributed by atoms with Crippen molar-refractivity contribution in [2.45, 2.75) is 19.9 Å². The molecular weight excluding hydrogens is 340 g/mol. The van der Waals surface area contributed by atoms with Crippen LogP contribution in [0.15, 0.2) is 45.6 Å². The van der Waals surface area contributed by atoms with Crippen molar-refractivity contribution in [1.82, 2.24) is 19.5 Å². The number of fused-ring (bicyclic) bond motifs is 1. The van der Waals surface area contributed by atoms with E-state index in [0.29, 0.717) is 16.5 Å². The number of aromatic nitrogens is 3. The van der Waals surface area contributed by atoms with Crippen molar-refractivity contribution < 1.29 is 13.9 Å². The Morgan fingerprint density at radius 2 is 1.96 bits per heavy atom. The van der Waals surface area contributed by atoms with E-state index >= 15 is 0 Å². The zero-order valence-corrected chi connectivity index (χ0v) is 14.7. The molecule has 4 aromatic heterocycles. The molecule has 0 aliphatic carbocycles.